The van der Waals surface area contributed by atoms with E-state index in [2.05, 4.69) is 46.5 Å². The molecule has 0 saturated carbocycles. The van der Waals surface area contributed by atoms with Crippen molar-refractivity contribution in [3.05, 3.63) is 67.4 Å². The van der Waals surface area contributed by atoms with Gasteiger partial charge in [0.2, 0.25) is 5.91 Å². The maximum atomic E-state index is 12.2. The number of rotatable bonds is 6. The quantitative estimate of drug-likeness (QED) is 0.299. The van der Waals surface area contributed by atoms with Gasteiger partial charge in [0, 0.05) is 46.9 Å². The van der Waals surface area contributed by atoms with Crippen molar-refractivity contribution in [2.75, 3.05) is 5.32 Å². The Morgan fingerprint density at radius 3 is 2.65 bits per heavy atom. The van der Waals surface area contributed by atoms with Gasteiger partial charge in [-0.05, 0) is 31.0 Å². The van der Waals surface area contributed by atoms with Gasteiger partial charge >= 0.3 is 0 Å². The first-order chi connectivity index (χ1) is 17.9. The Kier molecular flexibility index (Phi) is 5.48. The number of H-pyrrole nitrogens is 2. The largest absolute Gasteiger partial charge is 0.352 e. The molecule has 0 aliphatic heterocycles. The summed E-state index contributed by atoms with van der Waals surface area (Å²) >= 11 is 0. The molecule has 37 heavy (non-hydrogen) atoms. The lowest BCUT2D eigenvalue weighted by Gasteiger charge is -2.08. The van der Waals surface area contributed by atoms with E-state index in [1.54, 1.807) is 31.1 Å². The van der Waals surface area contributed by atoms with Crippen molar-refractivity contribution in [2.24, 2.45) is 5.92 Å². The normalized spacial score (nSPS) is 11.6. The number of aryl methyl sites for hydroxylation is 1. The monoisotopic (exact) mass is 491 g/mol. The lowest BCUT2D eigenvalue weighted by Crippen LogP contribution is -2.13. The van der Waals surface area contributed by atoms with E-state index in [0.717, 1.165) is 50.2 Å². The predicted octanol–water partition coefficient (Wildman–Crippen LogP) is 5.04. The lowest BCUT2D eigenvalue weighted by atomic mass is 10.1. The molecule has 184 valence electrons. The summed E-state index contributed by atoms with van der Waals surface area (Å²) in [6.45, 7) is 5.99. The SMILES string of the molecule is Cc1cn(-c2cncc3[nH]c(-c4n[nH]c5ncc(-c6cncc(NC(=O)CC(C)C)c6)cc45)cc23)cn1. The summed E-state index contributed by atoms with van der Waals surface area (Å²) in [5.74, 6) is 0.251. The van der Waals surface area contributed by atoms with Gasteiger partial charge in [-0.25, -0.2) is 9.97 Å². The zero-order valence-electron chi connectivity index (χ0n) is 20.6. The van der Waals surface area contributed by atoms with Crippen molar-refractivity contribution in [3.8, 4) is 28.2 Å². The molecule has 6 aromatic heterocycles. The van der Waals surface area contributed by atoms with Gasteiger partial charge < -0.3 is 14.9 Å². The fraction of sp³-hybridized carbons (Fsp3) is 0.185. The molecule has 6 heterocycles. The minimum absolute atomic E-state index is 0.0295. The molecule has 1 amide bonds. The van der Waals surface area contributed by atoms with Crippen molar-refractivity contribution >= 4 is 33.5 Å². The van der Waals surface area contributed by atoms with Crippen molar-refractivity contribution in [3.63, 3.8) is 0 Å². The van der Waals surface area contributed by atoms with Crippen LogP contribution < -0.4 is 5.32 Å². The van der Waals surface area contributed by atoms with Crippen molar-refractivity contribution in [2.45, 2.75) is 27.2 Å². The number of imidazole rings is 1. The molecule has 3 N–H and O–H groups in total. The highest BCUT2D eigenvalue weighted by Crippen LogP contribution is 2.32. The van der Waals surface area contributed by atoms with Gasteiger partial charge in [-0.2, -0.15) is 5.10 Å². The van der Waals surface area contributed by atoms with Crippen LogP contribution >= 0.6 is 0 Å². The molecule has 0 saturated heterocycles. The fourth-order valence-electron chi connectivity index (χ4n) is 4.44. The first-order valence-corrected chi connectivity index (χ1v) is 12.0. The lowest BCUT2D eigenvalue weighted by molar-refractivity contribution is -0.116. The molecule has 6 rings (SSSR count). The van der Waals surface area contributed by atoms with Crippen LogP contribution in [-0.2, 0) is 4.79 Å². The maximum absolute atomic E-state index is 12.2. The number of anilines is 1. The number of amides is 1. The Labute approximate surface area is 212 Å². The smallest absolute Gasteiger partial charge is 0.224 e. The summed E-state index contributed by atoms with van der Waals surface area (Å²) in [6.07, 6.45) is 13.0. The van der Waals surface area contributed by atoms with Gasteiger partial charge in [0.05, 0.1) is 53.2 Å². The molecule has 0 unspecified atom stereocenters. The second-order valence-corrected chi connectivity index (χ2v) is 9.53. The zero-order valence-corrected chi connectivity index (χ0v) is 20.6. The molecule has 0 aliphatic rings. The van der Waals surface area contributed by atoms with Gasteiger partial charge in [-0.1, -0.05) is 13.8 Å². The fourth-order valence-corrected chi connectivity index (χ4v) is 4.44. The molecular formula is C27H25N9O. The van der Waals surface area contributed by atoms with Crippen LogP contribution in [0.1, 0.15) is 26.0 Å². The van der Waals surface area contributed by atoms with Gasteiger partial charge in [-0.3, -0.25) is 19.9 Å². The number of pyridine rings is 3. The van der Waals surface area contributed by atoms with Crippen LogP contribution in [0.4, 0.5) is 5.69 Å². The van der Waals surface area contributed by atoms with Crippen LogP contribution in [-0.4, -0.2) is 45.6 Å². The number of nitrogens with zero attached hydrogens (tertiary/aromatic N) is 6. The molecule has 6 aromatic rings. The number of nitrogens with one attached hydrogen (secondary N) is 3. The van der Waals surface area contributed by atoms with Crippen molar-refractivity contribution in [1.29, 1.82) is 0 Å². The Morgan fingerprint density at radius 1 is 1.00 bits per heavy atom. The molecule has 0 fully saturated rings. The molecule has 10 heteroatoms. The Bertz CT molecular complexity index is 1760. The minimum Gasteiger partial charge on any atom is -0.352 e. The molecule has 0 aliphatic carbocycles. The summed E-state index contributed by atoms with van der Waals surface area (Å²) in [6, 6.07) is 6.00. The van der Waals surface area contributed by atoms with Gasteiger partial charge in [-0.15, -0.1) is 0 Å². The molecule has 0 radical (unpaired) electrons. The van der Waals surface area contributed by atoms with E-state index in [-0.39, 0.29) is 11.8 Å². The van der Waals surface area contributed by atoms with E-state index in [1.165, 1.54) is 0 Å². The molecule has 0 atom stereocenters. The van der Waals surface area contributed by atoms with E-state index < -0.39 is 0 Å². The number of hydrogen-bond acceptors (Lipinski definition) is 6. The molecular weight excluding hydrogens is 466 g/mol. The van der Waals surface area contributed by atoms with Crippen molar-refractivity contribution < 1.29 is 4.79 Å². The average Bonchev–Trinajstić information content (AvgIpc) is 3.60. The standard InChI is InChI=1S/C27H25N9O/c1-15(2)4-25(37)32-19-5-17(8-28-10-19)18-6-21-26(34-35-27(21)30-9-18)22-7-20-23(33-22)11-29-12-24(20)36-13-16(3)31-14-36/h5-15,33H,4H2,1-3H3,(H,32,37)(H,30,34,35). The number of hydrogen-bond donors (Lipinski definition) is 3. The van der Waals surface area contributed by atoms with E-state index in [0.29, 0.717) is 17.8 Å². The summed E-state index contributed by atoms with van der Waals surface area (Å²) in [5.41, 5.74) is 7.41. The predicted molar refractivity (Wildman–Crippen MR) is 142 cm³/mol. The Morgan fingerprint density at radius 2 is 1.84 bits per heavy atom. The summed E-state index contributed by atoms with van der Waals surface area (Å²) in [7, 11) is 0. The van der Waals surface area contributed by atoms with E-state index >= 15 is 0 Å². The van der Waals surface area contributed by atoms with Gasteiger partial charge in [0.15, 0.2) is 5.65 Å². The van der Waals surface area contributed by atoms with E-state index in [9.17, 15) is 4.79 Å². The van der Waals surface area contributed by atoms with Crippen LogP contribution in [0.15, 0.2) is 61.7 Å². The molecule has 10 nitrogen and oxygen atoms in total. The van der Waals surface area contributed by atoms with E-state index in [4.69, 9.17) is 0 Å². The number of aromatic amines is 2. The molecule has 0 aromatic carbocycles. The topological polar surface area (TPSA) is 130 Å². The Balaban J connectivity index is 1.38. The van der Waals surface area contributed by atoms with Crippen LogP contribution in [0.5, 0.6) is 0 Å². The third kappa shape index (κ3) is 4.33. The average molecular weight is 492 g/mol. The number of aromatic nitrogens is 8. The van der Waals surface area contributed by atoms with Crippen LogP contribution in [0.3, 0.4) is 0 Å². The Hall–Kier alpha value is -4.86. The second-order valence-electron chi connectivity index (χ2n) is 9.53. The van der Waals surface area contributed by atoms with Crippen molar-refractivity contribution in [1.82, 2.24) is 39.7 Å². The third-order valence-corrected chi connectivity index (χ3v) is 6.13. The summed E-state index contributed by atoms with van der Waals surface area (Å²) < 4.78 is 1.96. The van der Waals surface area contributed by atoms with Crippen LogP contribution in [0, 0.1) is 12.8 Å². The number of carbonyl (C=O) groups excluding carboxylic acids is 1. The molecule has 0 spiro atoms. The zero-order chi connectivity index (χ0) is 25.5. The van der Waals surface area contributed by atoms with E-state index in [1.807, 2.05) is 49.9 Å². The number of carbonyl (C=O) groups is 1. The second kappa shape index (κ2) is 8.98. The minimum atomic E-state index is -0.0295. The summed E-state index contributed by atoms with van der Waals surface area (Å²) in [4.78, 5) is 33.3. The third-order valence-electron chi connectivity index (χ3n) is 6.13. The highest BCUT2D eigenvalue weighted by atomic mass is 16.1. The summed E-state index contributed by atoms with van der Waals surface area (Å²) in [5, 5.41) is 12.4. The molecule has 0 bridgehead atoms. The first kappa shape index (κ1) is 22.6. The maximum Gasteiger partial charge on any atom is 0.224 e. The highest BCUT2D eigenvalue weighted by Gasteiger charge is 2.16. The number of fused-ring (bicyclic) bond motifs is 2. The van der Waals surface area contributed by atoms with Gasteiger partial charge in [0.1, 0.15) is 5.69 Å². The first-order valence-electron chi connectivity index (χ1n) is 12.0. The highest BCUT2D eigenvalue weighted by molar-refractivity contribution is 5.98. The van der Waals surface area contributed by atoms with Crippen LogP contribution in [0.25, 0.3) is 50.1 Å². The van der Waals surface area contributed by atoms with Gasteiger partial charge in [0.25, 0.3) is 0 Å². The van der Waals surface area contributed by atoms with Crippen LogP contribution in [0.2, 0.25) is 0 Å².